The van der Waals surface area contributed by atoms with Crippen molar-refractivity contribution in [1.29, 1.82) is 0 Å². The summed E-state index contributed by atoms with van der Waals surface area (Å²) in [6, 6.07) is 18.9. The second kappa shape index (κ2) is 8.32. The molecule has 2 heterocycles. The van der Waals surface area contributed by atoms with Gasteiger partial charge in [0.25, 0.3) is 0 Å². The molecule has 3 N–H and O–H groups in total. The van der Waals surface area contributed by atoms with Crippen LogP contribution in [0.15, 0.2) is 66.9 Å². The highest BCUT2D eigenvalue weighted by Gasteiger charge is 2.21. The molecular weight excluding hydrogens is 366 g/mol. The Kier molecular flexibility index (Phi) is 5.44. The Balaban J connectivity index is 1.42. The van der Waals surface area contributed by atoms with E-state index in [1.807, 2.05) is 36.4 Å². The number of anilines is 1. The number of fused-ring (bicyclic) bond motifs is 1. The molecule has 148 valence electrons. The summed E-state index contributed by atoms with van der Waals surface area (Å²) in [5.74, 6) is 1.77. The number of benzene rings is 2. The Bertz CT molecular complexity index is 988. The van der Waals surface area contributed by atoms with E-state index in [1.165, 1.54) is 5.56 Å². The van der Waals surface area contributed by atoms with E-state index in [4.69, 9.17) is 15.2 Å². The van der Waals surface area contributed by atoms with Crippen molar-refractivity contribution in [3.05, 3.63) is 78.0 Å². The lowest BCUT2D eigenvalue weighted by atomic mass is 9.97. The summed E-state index contributed by atoms with van der Waals surface area (Å²) in [6.07, 6.45) is 3.46. The van der Waals surface area contributed by atoms with Crippen LogP contribution in [-0.4, -0.2) is 16.9 Å². The first-order valence-corrected chi connectivity index (χ1v) is 9.63. The Labute approximate surface area is 169 Å². The van der Waals surface area contributed by atoms with Gasteiger partial charge in [0.2, 0.25) is 11.8 Å². The van der Waals surface area contributed by atoms with Crippen molar-refractivity contribution in [1.82, 2.24) is 4.98 Å². The summed E-state index contributed by atoms with van der Waals surface area (Å²) >= 11 is 0. The highest BCUT2D eigenvalue weighted by molar-refractivity contribution is 5.94. The highest BCUT2D eigenvalue weighted by Crippen LogP contribution is 2.37. The molecule has 6 heteroatoms. The molecule has 1 amide bonds. The number of aromatic nitrogens is 1. The first kappa shape index (κ1) is 19.0. The third-order valence-corrected chi connectivity index (χ3v) is 4.79. The SMILES string of the molecule is C[C@H](N)C(=O)Nc1ccc(Oc2ccc3c(c2)CCC(c2ccccc2)O3)nc1. The van der Waals surface area contributed by atoms with E-state index < -0.39 is 6.04 Å². The van der Waals surface area contributed by atoms with E-state index in [0.717, 1.165) is 24.2 Å². The smallest absolute Gasteiger partial charge is 0.241 e. The molecule has 0 aliphatic carbocycles. The lowest BCUT2D eigenvalue weighted by Crippen LogP contribution is -2.32. The molecule has 1 aliphatic heterocycles. The van der Waals surface area contributed by atoms with E-state index in [9.17, 15) is 4.79 Å². The topological polar surface area (TPSA) is 86.5 Å². The lowest BCUT2D eigenvalue weighted by Gasteiger charge is -2.26. The Morgan fingerprint density at radius 3 is 2.76 bits per heavy atom. The van der Waals surface area contributed by atoms with Gasteiger partial charge in [-0.2, -0.15) is 0 Å². The number of rotatable bonds is 5. The Morgan fingerprint density at radius 2 is 2.03 bits per heavy atom. The van der Waals surface area contributed by atoms with Gasteiger partial charge in [-0.3, -0.25) is 4.79 Å². The van der Waals surface area contributed by atoms with Crippen molar-refractivity contribution in [3.8, 4) is 17.4 Å². The molecule has 2 aromatic carbocycles. The van der Waals surface area contributed by atoms with E-state index in [1.54, 1.807) is 25.3 Å². The number of carbonyl (C=O) groups excluding carboxylic acids is 1. The van der Waals surface area contributed by atoms with Crippen molar-refractivity contribution in [2.24, 2.45) is 5.73 Å². The molecule has 1 aromatic heterocycles. The van der Waals surface area contributed by atoms with E-state index in [2.05, 4.69) is 22.4 Å². The summed E-state index contributed by atoms with van der Waals surface area (Å²) in [7, 11) is 0. The predicted molar refractivity (Wildman–Crippen MR) is 111 cm³/mol. The maximum Gasteiger partial charge on any atom is 0.241 e. The predicted octanol–water partition coefficient (Wildman–Crippen LogP) is 4.23. The second-order valence-corrected chi connectivity index (χ2v) is 7.09. The van der Waals surface area contributed by atoms with Crippen molar-refractivity contribution >= 4 is 11.6 Å². The van der Waals surface area contributed by atoms with Crippen LogP contribution in [0.2, 0.25) is 0 Å². The van der Waals surface area contributed by atoms with Crippen LogP contribution in [0.4, 0.5) is 5.69 Å². The van der Waals surface area contributed by atoms with Crippen LogP contribution in [0.1, 0.15) is 30.6 Å². The zero-order valence-corrected chi connectivity index (χ0v) is 16.2. The molecular formula is C23H23N3O3. The zero-order valence-electron chi connectivity index (χ0n) is 16.2. The number of hydrogen-bond donors (Lipinski definition) is 2. The number of carbonyl (C=O) groups is 1. The fraction of sp³-hybridized carbons (Fsp3) is 0.217. The number of pyridine rings is 1. The Hall–Kier alpha value is -3.38. The minimum Gasteiger partial charge on any atom is -0.485 e. The monoisotopic (exact) mass is 389 g/mol. The quantitative estimate of drug-likeness (QED) is 0.682. The molecule has 0 radical (unpaired) electrons. The fourth-order valence-corrected chi connectivity index (χ4v) is 3.22. The van der Waals surface area contributed by atoms with Gasteiger partial charge < -0.3 is 20.5 Å². The van der Waals surface area contributed by atoms with Crippen molar-refractivity contribution < 1.29 is 14.3 Å². The van der Waals surface area contributed by atoms with Gasteiger partial charge in [0.15, 0.2) is 0 Å². The molecule has 29 heavy (non-hydrogen) atoms. The minimum atomic E-state index is -0.579. The molecule has 6 nitrogen and oxygen atoms in total. The molecule has 0 spiro atoms. The zero-order chi connectivity index (χ0) is 20.2. The summed E-state index contributed by atoms with van der Waals surface area (Å²) in [5, 5.41) is 2.69. The molecule has 4 rings (SSSR count). The minimum absolute atomic E-state index is 0.0797. The van der Waals surface area contributed by atoms with Crippen LogP contribution < -0.4 is 20.5 Å². The lowest BCUT2D eigenvalue weighted by molar-refractivity contribution is -0.117. The van der Waals surface area contributed by atoms with Gasteiger partial charge in [-0.05, 0) is 55.2 Å². The van der Waals surface area contributed by atoms with E-state index in [-0.39, 0.29) is 12.0 Å². The average molecular weight is 389 g/mol. The second-order valence-electron chi connectivity index (χ2n) is 7.09. The van der Waals surface area contributed by atoms with Crippen LogP contribution >= 0.6 is 0 Å². The maximum absolute atomic E-state index is 11.6. The number of aryl methyl sites for hydroxylation is 1. The molecule has 0 bridgehead atoms. The molecule has 0 saturated heterocycles. The summed E-state index contributed by atoms with van der Waals surface area (Å²) in [4.78, 5) is 15.9. The van der Waals surface area contributed by atoms with Crippen LogP contribution in [0.25, 0.3) is 0 Å². The first-order valence-electron chi connectivity index (χ1n) is 9.63. The number of nitrogens with one attached hydrogen (secondary N) is 1. The van der Waals surface area contributed by atoms with Crippen LogP contribution in [-0.2, 0) is 11.2 Å². The van der Waals surface area contributed by atoms with Crippen molar-refractivity contribution in [3.63, 3.8) is 0 Å². The van der Waals surface area contributed by atoms with Gasteiger partial charge >= 0.3 is 0 Å². The molecule has 1 aliphatic rings. The summed E-state index contributed by atoms with van der Waals surface area (Å²) in [5.41, 5.74) is 8.43. The molecule has 2 atom stereocenters. The maximum atomic E-state index is 11.6. The molecule has 3 aromatic rings. The van der Waals surface area contributed by atoms with E-state index in [0.29, 0.717) is 17.3 Å². The fourth-order valence-electron chi connectivity index (χ4n) is 3.22. The van der Waals surface area contributed by atoms with Gasteiger partial charge in [0.1, 0.15) is 17.6 Å². The number of nitrogens with two attached hydrogens (primary N) is 1. The molecule has 0 saturated carbocycles. The number of ether oxygens (including phenoxy) is 2. The van der Waals surface area contributed by atoms with Gasteiger partial charge in [-0.15, -0.1) is 0 Å². The van der Waals surface area contributed by atoms with Gasteiger partial charge in [-0.25, -0.2) is 4.98 Å². The summed E-state index contributed by atoms with van der Waals surface area (Å²) in [6.45, 7) is 1.63. The van der Waals surface area contributed by atoms with Crippen molar-refractivity contribution in [2.45, 2.75) is 31.9 Å². The van der Waals surface area contributed by atoms with Gasteiger partial charge in [0.05, 0.1) is 17.9 Å². The number of amides is 1. The van der Waals surface area contributed by atoms with Gasteiger partial charge in [0, 0.05) is 6.07 Å². The van der Waals surface area contributed by atoms with E-state index >= 15 is 0 Å². The molecule has 1 unspecified atom stereocenters. The van der Waals surface area contributed by atoms with Gasteiger partial charge in [-0.1, -0.05) is 30.3 Å². The number of hydrogen-bond acceptors (Lipinski definition) is 5. The first-order chi connectivity index (χ1) is 14.1. The third-order valence-electron chi connectivity index (χ3n) is 4.79. The largest absolute Gasteiger partial charge is 0.485 e. The molecule has 0 fully saturated rings. The van der Waals surface area contributed by atoms with Crippen molar-refractivity contribution in [2.75, 3.05) is 5.32 Å². The van der Waals surface area contributed by atoms with Crippen LogP contribution in [0.5, 0.6) is 17.4 Å². The van der Waals surface area contributed by atoms with Crippen LogP contribution in [0, 0.1) is 0 Å². The normalized spacial score (nSPS) is 16.3. The standard InChI is InChI=1S/C23H23N3O3/c1-15(24)23(27)26-18-8-12-22(25-14-18)28-19-9-11-21-17(13-19)7-10-20(29-21)16-5-3-2-4-6-16/h2-6,8-9,11-15,20H,7,10,24H2,1H3,(H,26,27)/t15-,20?/m0/s1. The Morgan fingerprint density at radius 1 is 1.21 bits per heavy atom. The number of nitrogens with zero attached hydrogens (tertiary/aromatic N) is 1. The highest BCUT2D eigenvalue weighted by atomic mass is 16.5. The summed E-state index contributed by atoms with van der Waals surface area (Å²) < 4.78 is 12.0. The van der Waals surface area contributed by atoms with Crippen LogP contribution in [0.3, 0.4) is 0 Å². The average Bonchev–Trinajstić information content (AvgIpc) is 2.75. The third kappa shape index (κ3) is 4.55.